The van der Waals surface area contributed by atoms with Gasteiger partial charge in [-0.05, 0) is 62.2 Å². The third-order valence-electron chi connectivity index (χ3n) is 5.79. The van der Waals surface area contributed by atoms with Crippen LogP contribution in [0.3, 0.4) is 0 Å². The molecule has 0 spiro atoms. The Morgan fingerprint density at radius 3 is 2.56 bits per heavy atom. The molecule has 2 aromatic carbocycles. The fourth-order valence-corrected chi connectivity index (χ4v) is 4.07. The van der Waals surface area contributed by atoms with Crippen LogP contribution in [0.25, 0.3) is 22.7 Å². The largest absolute Gasteiger partial charge is 0.478 e. The van der Waals surface area contributed by atoms with Crippen molar-refractivity contribution in [3.63, 3.8) is 0 Å². The topological polar surface area (TPSA) is 136 Å². The number of carboxylic acids is 1. The average molecular weight is 489 g/mol. The van der Waals surface area contributed by atoms with Crippen LogP contribution in [0.1, 0.15) is 42.0 Å². The van der Waals surface area contributed by atoms with Crippen LogP contribution in [-0.4, -0.2) is 30.6 Å². The second kappa shape index (κ2) is 9.95. The second-order valence-corrected chi connectivity index (χ2v) is 8.26. The lowest BCUT2D eigenvalue weighted by Crippen LogP contribution is -2.29. The van der Waals surface area contributed by atoms with Crippen LogP contribution in [0.2, 0.25) is 0 Å². The maximum Gasteiger partial charge on any atom is 0.328 e. The predicted molar refractivity (Wildman–Crippen MR) is 137 cm³/mol. The molecule has 184 valence electrons. The van der Waals surface area contributed by atoms with Crippen LogP contribution in [0, 0.1) is 19.7 Å². The van der Waals surface area contributed by atoms with Crippen molar-refractivity contribution >= 4 is 34.7 Å². The Morgan fingerprint density at radius 1 is 1.17 bits per heavy atom. The Hall–Kier alpha value is -4.60. The summed E-state index contributed by atoms with van der Waals surface area (Å²) in [4.78, 5) is 38.1. The minimum Gasteiger partial charge on any atom is -0.478 e. The van der Waals surface area contributed by atoms with Crippen LogP contribution in [0.5, 0.6) is 0 Å². The van der Waals surface area contributed by atoms with Gasteiger partial charge in [-0.25, -0.2) is 19.2 Å². The van der Waals surface area contributed by atoms with Gasteiger partial charge in [0.05, 0.1) is 28.3 Å². The molecular formula is C26H25FN6O3. The number of nitrogen functional groups attached to an aromatic ring is 1. The normalized spacial score (nSPS) is 12.2. The molecule has 1 atom stereocenters. The highest BCUT2D eigenvalue weighted by molar-refractivity contribution is 5.87. The fraction of sp³-hybridized carbons (Fsp3) is 0.192. The highest BCUT2D eigenvalue weighted by Crippen LogP contribution is 2.28. The van der Waals surface area contributed by atoms with Crippen molar-refractivity contribution < 1.29 is 14.3 Å². The molecule has 10 heteroatoms. The molecule has 2 heterocycles. The maximum atomic E-state index is 13.8. The smallest absolute Gasteiger partial charge is 0.328 e. The van der Waals surface area contributed by atoms with E-state index in [0.717, 1.165) is 11.6 Å². The van der Waals surface area contributed by atoms with Gasteiger partial charge in [-0.15, -0.1) is 0 Å². The summed E-state index contributed by atoms with van der Waals surface area (Å²) >= 11 is 0. The molecule has 0 saturated heterocycles. The van der Waals surface area contributed by atoms with Crippen molar-refractivity contribution in [1.82, 2.24) is 19.5 Å². The molecule has 0 aliphatic heterocycles. The van der Waals surface area contributed by atoms with E-state index in [4.69, 9.17) is 15.8 Å². The number of anilines is 2. The number of nitrogens with two attached hydrogens (primary N) is 1. The van der Waals surface area contributed by atoms with Crippen molar-refractivity contribution in [2.45, 2.75) is 33.2 Å². The minimum atomic E-state index is -1.12. The number of fused-ring (bicyclic) bond motifs is 1. The second-order valence-electron chi connectivity index (χ2n) is 8.26. The molecule has 0 aliphatic rings. The summed E-state index contributed by atoms with van der Waals surface area (Å²) < 4.78 is 15.2. The number of halogens is 1. The van der Waals surface area contributed by atoms with Crippen LogP contribution in [-0.2, 0) is 4.79 Å². The summed E-state index contributed by atoms with van der Waals surface area (Å²) in [7, 11) is 0. The number of hydrogen-bond donors (Lipinski definition) is 3. The molecular weight excluding hydrogens is 463 g/mol. The Bertz CT molecular complexity index is 1550. The van der Waals surface area contributed by atoms with E-state index < -0.39 is 17.8 Å². The molecule has 0 bridgehead atoms. The maximum absolute atomic E-state index is 13.8. The Morgan fingerprint density at radius 2 is 1.89 bits per heavy atom. The Kier molecular flexibility index (Phi) is 6.77. The van der Waals surface area contributed by atoms with Gasteiger partial charge in [0.1, 0.15) is 17.5 Å². The van der Waals surface area contributed by atoms with Crippen LogP contribution in [0.4, 0.5) is 16.2 Å². The first-order chi connectivity index (χ1) is 17.2. The predicted octanol–water partition coefficient (Wildman–Crippen LogP) is 4.17. The fourth-order valence-electron chi connectivity index (χ4n) is 4.07. The van der Waals surface area contributed by atoms with E-state index in [-0.39, 0.29) is 11.5 Å². The van der Waals surface area contributed by atoms with Gasteiger partial charge in [0, 0.05) is 11.6 Å². The third-order valence-corrected chi connectivity index (χ3v) is 5.79. The van der Waals surface area contributed by atoms with Crippen molar-refractivity contribution in [3.05, 3.63) is 87.4 Å². The van der Waals surface area contributed by atoms with Gasteiger partial charge in [0.15, 0.2) is 0 Å². The van der Waals surface area contributed by atoms with Crippen LogP contribution in [0.15, 0.2) is 53.3 Å². The number of carboxylic acid groups (broad SMARTS) is 1. The van der Waals surface area contributed by atoms with Gasteiger partial charge in [-0.1, -0.05) is 19.1 Å². The molecule has 0 aliphatic carbocycles. The first kappa shape index (κ1) is 24.5. The number of carbonyl (C=O) groups is 1. The summed E-state index contributed by atoms with van der Waals surface area (Å²) in [6, 6.07) is 10.5. The van der Waals surface area contributed by atoms with Crippen LogP contribution >= 0.6 is 0 Å². The first-order valence-electron chi connectivity index (χ1n) is 11.3. The van der Waals surface area contributed by atoms with E-state index in [2.05, 4.69) is 15.3 Å². The van der Waals surface area contributed by atoms with Crippen molar-refractivity contribution in [1.29, 1.82) is 0 Å². The highest BCUT2D eigenvalue weighted by Gasteiger charge is 2.23. The van der Waals surface area contributed by atoms with Gasteiger partial charge in [-0.3, -0.25) is 9.36 Å². The Balaban J connectivity index is 1.94. The monoisotopic (exact) mass is 488 g/mol. The summed E-state index contributed by atoms with van der Waals surface area (Å²) in [6.45, 7) is 5.43. The molecule has 4 N–H and O–H groups in total. The van der Waals surface area contributed by atoms with E-state index in [1.165, 1.54) is 34.9 Å². The molecule has 9 nitrogen and oxygen atoms in total. The summed E-state index contributed by atoms with van der Waals surface area (Å²) in [5.41, 5.74) is 8.27. The number of nitrogens with one attached hydrogen (secondary N) is 1. The molecule has 0 amide bonds. The summed E-state index contributed by atoms with van der Waals surface area (Å²) in [5.74, 6) is -0.856. The molecule has 0 saturated carbocycles. The third kappa shape index (κ3) is 4.78. The number of aromatic nitrogens is 4. The summed E-state index contributed by atoms with van der Waals surface area (Å²) in [6.07, 6.45) is 2.85. The van der Waals surface area contributed by atoms with Gasteiger partial charge in [0.2, 0.25) is 5.95 Å². The first-order valence-corrected chi connectivity index (χ1v) is 11.3. The number of aryl methyl sites for hydroxylation is 2. The van der Waals surface area contributed by atoms with E-state index >= 15 is 0 Å². The van der Waals surface area contributed by atoms with Crippen molar-refractivity contribution in [2.75, 3.05) is 11.1 Å². The number of hydrogen-bond acceptors (Lipinski definition) is 7. The van der Waals surface area contributed by atoms with Gasteiger partial charge >= 0.3 is 5.97 Å². The average Bonchev–Trinajstić information content (AvgIpc) is 2.82. The van der Waals surface area contributed by atoms with E-state index in [0.29, 0.717) is 45.9 Å². The Labute approximate surface area is 206 Å². The van der Waals surface area contributed by atoms with E-state index in [1.54, 1.807) is 13.0 Å². The molecule has 36 heavy (non-hydrogen) atoms. The summed E-state index contributed by atoms with van der Waals surface area (Å²) in [5, 5.41) is 12.8. The van der Waals surface area contributed by atoms with Gasteiger partial charge in [0.25, 0.3) is 5.56 Å². The van der Waals surface area contributed by atoms with Crippen molar-refractivity contribution in [3.8, 4) is 5.69 Å². The molecule has 1 unspecified atom stereocenters. The van der Waals surface area contributed by atoms with E-state index in [1.807, 2.05) is 26.0 Å². The highest BCUT2D eigenvalue weighted by atomic mass is 19.1. The number of rotatable bonds is 7. The quantitative estimate of drug-likeness (QED) is 0.330. The van der Waals surface area contributed by atoms with Gasteiger partial charge in [-0.2, -0.15) is 4.98 Å². The standard InChI is InChI=1S/C26H25FN6O3/c1-4-19(30-23-18(12-13-21(34)35)15(3)29-26(28)32-23)24-31-20-7-5-6-14(2)22(20)25(36)33(24)17-10-8-16(27)9-11-17/h5-13,19H,4H2,1-3H3,(H,34,35)(H3,28,29,30,32). The molecule has 4 aromatic rings. The molecule has 0 fully saturated rings. The lowest BCUT2D eigenvalue weighted by Gasteiger charge is -2.23. The zero-order valence-electron chi connectivity index (χ0n) is 20.0. The number of nitrogens with zero attached hydrogens (tertiary/aromatic N) is 4. The zero-order valence-corrected chi connectivity index (χ0v) is 20.0. The van der Waals surface area contributed by atoms with Crippen molar-refractivity contribution in [2.24, 2.45) is 0 Å². The number of aliphatic carboxylic acids is 1. The van der Waals surface area contributed by atoms with Crippen LogP contribution < -0.4 is 16.6 Å². The SMILES string of the molecule is CCC(Nc1nc(N)nc(C)c1C=CC(=O)O)c1nc2cccc(C)c2c(=O)n1-c1ccc(F)cc1. The molecule has 0 radical (unpaired) electrons. The zero-order chi connectivity index (χ0) is 26.0. The molecule has 2 aromatic heterocycles. The van der Waals surface area contributed by atoms with E-state index in [9.17, 15) is 14.0 Å². The van der Waals surface area contributed by atoms with Gasteiger partial charge < -0.3 is 16.2 Å². The lowest BCUT2D eigenvalue weighted by molar-refractivity contribution is -0.131. The minimum absolute atomic E-state index is 0.00958. The molecule has 4 rings (SSSR count). The number of benzene rings is 2. The lowest BCUT2D eigenvalue weighted by atomic mass is 10.1.